The molecule has 0 amide bonds. The average Bonchev–Trinajstić information content (AvgIpc) is 2.55. The zero-order valence-electron chi connectivity index (χ0n) is 17.5. The fraction of sp³-hybridized carbons (Fsp3) is 0.950. The van der Waals surface area contributed by atoms with Gasteiger partial charge in [0.05, 0.1) is 35.9 Å². The summed E-state index contributed by atoms with van der Waals surface area (Å²) in [5.41, 5.74) is -0.598. The van der Waals surface area contributed by atoms with Crippen LogP contribution in [0.1, 0.15) is 55.4 Å². The van der Waals surface area contributed by atoms with Gasteiger partial charge in [0.1, 0.15) is 6.61 Å². The molecule has 1 aliphatic rings. The largest absolute Gasteiger partial charge is 0.463 e. The first-order valence-corrected chi connectivity index (χ1v) is 9.65. The Morgan fingerprint density at radius 1 is 1.12 bits per heavy atom. The lowest BCUT2D eigenvalue weighted by Gasteiger charge is -2.46. The first-order chi connectivity index (χ1) is 11.8. The molecule has 0 radical (unpaired) electrons. The molecule has 0 aromatic heterocycles. The third kappa shape index (κ3) is 5.41. The summed E-state index contributed by atoms with van der Waals surface area (Å²) in [6.07, 6.45) is -2.85. The van der Waals surface area contributed by atoms with Crippen LogP contribution in [0.5, 0.6) is 0 Å². The zero-order valence-corrected chi connectivity index (χ0v) is 17.5. The molecule has 6 heteroatoms. The van der Waals surface area contributed by atoms with Gasteiger partial charge in [-0.3, -0.25) is 4.79 Å². The van der Waals surface area contributed by atoms with Crippen LogP contribution in [0.2, 0.25) is 0 Å². The zero-order chi connectivity index (χ0) is 20.4. The monoisotopic (exact) mass is 374 g/mol. The van der Waals surface area contributed by atoms with Crippen LogP contribution in [0, 0.1) is 29.1 Å². The van der Waals surface area contributed by atoms with E-state index >= 15 is 0 Å². The molecule has 1 fully saturated rings. The summed E-state index contributed by atoms with van der Waals surface area (Å²) >= 11 is 0. The molecule has 6 nitrogen and oxygen atoms in total. The standard InChI is InChI=1S/C20H38O6/c1-10(14(5)21)16(22)12(3)18-13(4)17(23)11(2)15(26-18)9-25-19(24)20(6,7)8/h10-18,21-23H,9H2,1-8H3/t10-,11-,12+,13+,14-,15-,16-,17-,18-/m0/s1. The molecule has 0 aromatic rings. The van der Waals surface area contributed by atoms with E-state index in [1.807, 2.05) is 20.8 Å². The van der Waals surface area contributed by atoms with Gasteiger partial charge in [-0.1, -0.05) is 27.7 Å². The maximum Gasteiger partial charge on any atom is 0.311 e. The minimum absolute atomic E-state index is 0.0757. The molecule has 1 aliphatic heterocycles. The number of esters is 1. The Labute approximate surface area is 157 Å². The van der Waals surface area contributed by atoms with Crippen molar-refractivity contribution in [1.82, 2.24) is 0 Å². The normalized spacial score (nSPS) is 34.7. The van der Waals surface area contributed by atoms with E-state index in [0.29, 0.717) is 0 Å². The van der Waals surface area contributed by atoms with Gasteiger partial charge in [0.15, 0.2) is 0 Å². The van der Waals surface area contributed by atoms with Gasteiger partial charge < -0.3 is 24.8 Å². The Kier molecular flexibility index (Phi) is 8.08. The van der Waals surface area contributed by atoms with Crippen LogP contribution in [0.15, 0.2) is 0 Å². The van der Waals surface area contributed by atoms with Crippen molar-refractivity contribution in [3.05, 3.63) is 0 Å². The Hall–Kier alpha value is -0.690. The van der Waals surface area contributed by atoms with E-state index in [-0.39, 0.29) is 36.2 Å². The summed E-state index contributed by atoms with van der Waals surface area (Å²) in [6.45, 7) is 14.5. The number of aliphatic hydroxyl groups excluding tert-OH is 3. The van der Waals surface area contributed by atoms with E-state index in [0.717, 1.165) is 0 Å². The Bertz CT molecular complexity index is 458. The topological polar surface area (TPSA) is 96.2 Å². The second-order valence-electron chi connectivity index (χ2n) is 9.15. The Balaban J connectivity index is 2.85. The van der Waals surface area contributed by atoms with E-state index < -0.39 is 35.9 Å². The van der Waals surface area contributed by atoms with Gasteiger partial charge in [-0.25, -0.2) is 0 Å². The predicted octanol–water partition coefficient (Wildman–Crippen LogP) is 1.99. The molecule has 0 aromatic carbocycles. The minimum atomic E-state index is -0.763. The van der Waals surface area contributed by atoms with Crippen LogP contribution in [-0.4, -0.2) is 58.4 Å². The number of carbonyl (C=O) groups is 1. The first kappa shape index (κ1) is 23.3. The molecule has 3 N–H and O–H groups in total. The second kappa shape index (κ2) is 9.00. The van der Waals surface area contributed by atoms with Crippen LogP contribution in [0.25, 0.3) is 0 Å². The summed E-state index contributed by atoms with van der Waals surface area (Å²) in [4.78, 5) is 12.0. The molecule has 1 rings (SSSR count). The number of carbonyl (C=O) groups excluding carboxylic acids is 1. The lowest BCUT2D eigenvalue weighted by molar-refractivity contribution is -0.210. The molecule has 0 unspecified atom stereocenters. The van der Waals surface area contributed by atoms with Crippen molar-refractivity contribution in [1.29, 1.82) is 0 Å². The van der Waals surface area contributed by atoms with Crippen LogP contribution >= 0.6 is 0 Å². The van der Waals surface area contributed by atoms with Crippen molar-refractivity contribution >= 4 is 5.97 Å². The van der Waals surface area contributed by atoms with E-state index in [9.17, 15) is 20.1 Å². The van der Waals surface area contributed by atoms with E-state index in [4.69, 9.17) is 9.47 Å². The van der Waals surface area contributed by atoms with Gasteiger partial charge in [0.2, 0.25) is 0 Å². The minimum Gasteiger partial charge on any atom is -0.463 e. The fourth-order valence-corrected chi connectivity index (χ4v) is 3.47. The molecular formula is C20H38O6. The van der Waals surface area contributed by atoms with Gasteiger partial charge in [0.25, 0.3) is 0 Å². The highest BCUT2D eigenvalue weighted by molar-refractivity contribution is 5.75. The Morgan fingerprint density at radius 2 is 1.65 bits per heavy atom. The molecule has 26 heavy (non-hydrogen) atoms. The van der Waals surface area contributed by atoms with Gasteiger partial charge in [-0.2, -0.15) is 0 Å². The molecule has 0 saturated carbocycles. The fourth-order valence-electron chi connectivity index (χ4n) is 3.47. The van der Waals surface area contributed by atoms with Crippen LogP contribution in [0.4, 0.5) is 0 Å². The van der Waals surface area contributed by atoms with E-state index in [1.54, 1.807) is 34.6 Å². The maximum atomic E-state index is 12.0. The van der Waals surface area contributed by atoms with Gasteiger partial charge in [-0.05, 0) is 27.7 Å². The molecule has 0 spiro atoms. The van der Waals surface area contributed by atoms with Gasteiger partial charge >= 0.3 is 5.97 Å². The first-order valence-electron chi connectivity index (χ1n) is 9.65. The third-order valence-electron chi connectivity index (χ3n) is 5.86. The van der Waals surface area contributed by atoms with Crippen molar-refractivity contribution in [3.63, 3.8) is 0 Å². The van der Waals surface area contributed by atoms with Crippen molar-refractivity contribution < 1.29 is 29.6 Å². The van der Waals surface area contributed by atoms with Gasteiger partial charge in [-0.15, -0.1) is 0 Å². The Morgan fingerprint density at radius 3 is 2.12 bits per heavy atom. The summed E-state index contributed by atoms with van der Waals surface area (Å²) in [5, 5.41) is 31.0. The second-order valence-corrected chi connectivity index (χ2v) is 9.15. The molecule has 1 heterocycles. The SMILES string of the molecule is C[C@H]([C@@H](O)[C@@H](C)[C@H](C)O)[C@@H]1O[C@@H](COC(=O)C(C)(C)C)[C@H](C)[C@H](O)[C@H]1C. The average molecular weight is 375 g/mol. The van der Waals surface area contributed by atoms with Crippen molar-refractivity contribution in [2.75, 3.05) is 6.61 Å². The molecule has 0 aliphatic carbocycles. The molecule has 9 atom stereocenters. The number of hydrogen-bond acceptors (Lipinski definition) is 6. The van der Waals surface area contributed by atoms with Crippen LogP contribution in [-0.2, 0) is 14.3 Å². The quantitative estimate of drug-likeness (QED) is 0.615. The van der Waals surface area contributed by atoms with Crippen LogP contribution in [0.3, 0.4) is 0 Å². The molecular weight excluding hydrogens is 336 g/mol. The molecule has 1 saturated heterocycles. The highest BCUT2D eigenvalue weighted by atomic mass is 16.6. The predicted molar refractivity (Wildman–Crippen MR) is 99.4 cm³/mol. The molecule has 0 bridgehead atoms. The number of ether oxygens (including phenoxy) is 2. The lowest BCUT2D eigenvalue weighted by atomic mass is 9.75. The van der Waals surface area contributed by atoms with Crippen LogP contribution < -0.4 is 0 Å². The lowest BCUT2D eigenvalue weighted by Crippen LogP contribution is -2.55. The third-order valence-corrected chi connectivity index (χ3v) is 5.86. The highest BCUT2D eigenvalue weighted by Gasteiger charge is 2.45. The van der Waals surface area contributed by atoms with E-state index in [1.165, 1.54) is 0 Å². The summed E-state index contributed by atoms with van der Waals surface area (Å²) in [5.74, 6) is -1.27. The number of hydrogen-bond donors (Lipinski definition) is 3. The van der Waals surface area contributed by atoms with Crippen molar-refractivity contribution in [2.45, 2.75) is 85.9 Å². The smallest absolute Gasteiger partial charge is 0.311 e. The number of rotatable bonds is 6. The van der Waals surface area contributed by atoms with Crippen molar-refractivity contribution in [2.24, 2.45) is 29.1 Å². The summed E-state index contributed by atoms with van der Waals surface area (Å²) in [6, 6.07) is 0. The molecule has 154 valence electrons. The highest BCUT2D eigenvalue weighted by Crippen LogP contribution is 2.36. The summed E-state index contributed by atoms with van der Waals surface area (Å²) < 4.78 is 11.6. The van der Waals surface area contributed by atoms with Gasteiger partial charge in [0, 0.05) is 23.7 Å². The van der Waals surface area contributed by atoms with Crippen molar-refractivity contribution in [3.8, 4) is 0 Å². The maximum absolute atomic E-state index is 12.0. The number of aliphatic hydroxyl groups is 3. The van der Waals surface area contributed by atoms with E-state index in [2.05, 4.69) is 0 Å². The summed E-state index contributed by atoms with van der Waals surface area (Å²) in [7, 11) is 0.